The number of carbonyl (C=O) groups excluding carboxylic acids is 1. The average molecular weight is 332 g/mol. The number of methoxy groups -OCH3 is 1. The summed E-state index contributed by atoms with van der Waals surface area (Å²) in [6, 6.07) is 9.12. The fourth-order valence-electron chi connectivity index (χ4n) is 2.69. The summed E-state index contributed by atoms with van der Waals surface area (Å²) >= 11 is 6.18. The van der Waals surface area contributed by atoms with Crippen molar-refractivity contribution in [2.24, 2.45) is 0 Å². The second kappa shape index (κ2) is 6.87. The van der Waals surface area contributed by atoms with Crippen LogP contribution >= 0.6 is 11.6 Å². The molecule has 0 unspecified atom stereocenters. The van der Waals surface area contributed by atoms with Crippen molar-refractivity contribution >= 4 is 23.2 Å². The van der Waals surface area contributed by atoms with Gasteiger partial charge in [0.2, 0.25) is 0 Å². The second-order valence-electron chi connectivity index (χ2n) is 5.33. The molecule has 1 amide bonds. The predicted octanol–water partition coefficient (Wildman–Crippen LogP) is 2.71. The van der Waals surface area contributed by atoms with E-state index in [9.17, 15) is 4.79 Å². The van der Waals surface area contributed by atoms with Crippen LogP contribution in [0.25, 0.3) is 0 Å². The summed E-state index contributed by atoms with van der Waals surface area (Å²) < 4.78 is 5.12. The molecule has 1 saturated heterocycles. The van der Waals surface area contributed by atoms with Crippen molar-refractivity contribution in [2.45, 2.75) is 0 Å². The molecule has 1 fully saturated rings. The molecule has 5 nitrogen and oxygen atoms in total. The Morgan fingerprint density at radius 1 is 1.13 bits per heavy atom. The highest BCUT2D eigenvalue weighted by Crippen LogP contribution is 2.25. The zero-order valence-electron chi connectivity index (χ0n) is 12.9. The van der Waals surface area contributed by atoms with Crippen LogP contribution in [0.3, 0.4) is 0 Å². The number of rotatable bonds is 3. The van der Waals surface area contributed by atoms with Crippen LogP contribution in [0.5, 0.6) is 5.75 Å². The van der Waals surface area contributed by atoms with Gasteiger partial charge in [0.1, 0.15) is 5.75 Å². The van der Waals surface area contributed by atoms with Crippen molar-refractivity contribution in [1.29, 1.82) is 0 Å². The van der Waals surface area contributed by atoms with Crippen molar-refractivity contribution in [3.63, 3.8) is 0 Å². The largest absolute Gasteiger partial charge is 0.497 e. The molecule has 23 heavy (non-hydrogen) atoms. The van der Waals surface area contributed by atoms with Gasteiger partial charge in [-0.05, 0) is 30.3 Å². The van der Waals surface area contributed by atoms with E-state index < -0.39 is 0 Å². The third-order valence-electron chi connectivity index (χ3n) is 4.00. The lowest BCUT2D eigenvalue weighted by Gasteiger charge is -2.36. The molecule has 1 aromatic heterocycles. The van der Waals surface area contributed by atoms with Gasteiger partial charge in [-0.15, -0.1) is 0 Å². The first-order valence-electron chi connectivity index (χ1n) is 7.47. The van der Waals surface area contributed by atoms with Crippen LogP contribution in [-0.2, 0) is 0 Å². The van der Waals surface area contributed by atoms with Crippen molar-refractivity contribution in [3.8, 4) is 5.75 Å². The van der Waals surface area contributed by atoms with Crippen LogP contribution in [0.1, 0.15) is 10.4 Å². The van der Waals surface area contributed by atoms with E-state index in [1.807, 2.05) is 11.0 Å². The first kappa shape index (κ1) is 15.6. The maximum absolute atomic E-state index is 12.5. The zero-order chi connectivity index (χ0) is 16.2. The summed E-state index contributed by atoms with van der Waals surface area (Å²) in [5, 5.41) is 0.641. The molecule has 1 aliphatic heterocycles. The number of pyridine rings is 1. The molecule has 0 radical (unpaired) electrons. The second-order valence-corrected chi connectivity index (χ2v) is 5.74. The molecular formula is C17H18ClN3O2. The molecule has 1 aliphatic rings. The molecule has 0 saturated carbocycles. The van der Waals surface area contributed by atoms with Crippen LogP contribution in [0.15, 0.2) is 42.7 Å². The van der Waals surface area contributed by atoms with Crippen LogP contribution < -0.4 is 9.64 Å². The quantitative estimate of drug-likeness (QED) is 0.867. The summed E-state index contributed by atoms with van der Waals surface area (Å²) in [5.74, 6) is 0.798. The minimum absolute atomic E-state index is 0.0492. The number of amides is 1. The fourth-order valence-corrected chi connectivity index (χ4v) is 2.93. The molecule has 2 aromatic rings. The standard InChI is InChI=1S/C17H18ClN3O2/c1-23-14-4-2-13(3-5-14)17(22)21-10-8-20(9-11-21)16-6-7-19-12-15(16)18/h2-7,12H,8-11H2,1H3. The average Bonchev–Trinajstić information content (AvgIpc) is 2.62. The number of aromatic nitrogens is 1. The van der Waals surface area contributed by atoms with Crippen molar-refractivity contribution in [2.75, 3.05) is 38.2 Å². The Hall–Kier alpha value is -2.27. The van der Waals surface area contributed by atoms with Crippen LogP contribution in [0.2, 0.25) is 5.02 Å². The molecule has 2 heterocycles. The smallest absolute Gasteiger partial charge is 0.253 e. The number of halogens is 1. The van der Waals surface area contributed by atoms with Gasteiger partial charge < -0.3 is 14.5 Å². The number of ether oxygens (including phenoxy) is 1. The maximum atomic E-state index is 12.5. The topological polar surface area (TPSA) is 45.7 Å². The Morgan fingerprint density at radius 3 is 2.43 bits per heavy atom. The lowest BCUT2D eigenvalue weighted by molar-refractivity contribution is 0.0747. The number of hydrogen-bond acceptors (Lipinski definition) is 4. The molecule has 6 heteroatoms. The molecule has 0 bridgehead atoms. The number of hydrogen-bond donors (Lipinski definition) is 0. The minimum atomic E-state index is 0.0492. The number of carbonyl (C=O) groups is 1. The first-order valence-corrected chi connectivity index (χ1v) is 7.84. The van der Waals surface area contributed by atoms with Gasteiger partial charge in [0.05, 0.1) is 17.8 Å². The van der Waals surface area contributed by atoms with Gasteiger partial charge in [0, 0.05) is 44.1 Å². The summed E-state index contributed by atoms with van der Waals surface area (Å²) in [6.07, 6.45) is 3.38. The molecule has 120 valence electrons. The van der Waals surface area contributed by atoms with Crippen molar-refractivity contribution in [3.05, 3.63) is 53.3 Å². The van der Waals surface area contributed by atoms with E-state index in [1.165, 1.54) is 0 Å². The molecule has 0 atom stereocenters. The van der Waals surface area contributed by atoms with Crippen molar-refractivity contribution in [1.82, 2.24) is 9.88 Å². The SMILES string of the molecule is COc1ccc(C(=O)N2CCN(c3ccncc3Cl)CC2)cc1. The molecule has 0 aliphatic carbocycles. The van der Waals surface area contributed by atoms with Crippen LogP contribution in [0, 0.1) is 0 Å². The van der Waals surface area contributed by atoms with Gasteiger partial charge in [-0.3, -0.25) is 9.78 Å². The summed E-state index contributed by atoms with van der Waals surface area (Å²) in [5.41, 5.74) is 1.65. The Kier molecular flexibility index (Phi) is 4.67. The third kappa shape index (κ3) is 3.40. The highest BCUT2D eigenvalue weighted by Gasteiger charge is 2.23. The Balaban J connectivity index is 1.64. The molecular weight excluding hydrogens is 314 g/mol. The summed E-state index contributed by atoms with van der Waals surface area (Å²) in [7, 11) is 1.61. The molecule has 1 aromatic carbocycles. The summed E-state index contributed by atoms with van der Waals surface area (Å²) in [4.78, 5) is 20.6. The van der Waals surface area contributed by atoms with Gasteiger partial charge in [-0.1, -0.05) is 11.6 Å². The minimum Gasteiger partial charge on any atom is -0.497 e. The Bertz CT molecular complexity index is 682. The number of piperazine rings is 1. The van der Waals surface area contributed by atoms with Crippen LogP contribution in [0.4, 0.5) is 5.69 Å². The van der Waals surface area contributed by atoms with Gasteiger partial charge in [0.15, 0.2) is 0 Å². The van der Waals surface area contributed by atoms with Crippen LogP contribution in [-0.4, -0.2) is 49.1 Å². The van der Waals surface area contributed by atoms with Gasteiger partial charge in [0.25, 0.3) is 5.91 Å². The molecule has 0 spiro atoms. The highest BCUT2D eigenvalue weighted by atomic mass is 35.5. The first-order chi connectivity index (χ1) is 11.2. The normalized spacial score (nSPS) is 14.7. The van der Waals surface area contributed by atoms with Gasteiger partial charge >= 0.3 is 0 Å². The monoisotopic (exact) mass is 331 g/mol. The number of nitrogens with zero attached hydrogens (tertiary/aromatic N) is 3. The van der Waals surface area contributed by atoms with E-state index in [2.05, 4.69) is 9.88 Å². The van der Waals surface area contributed by atoms with Gasteiger partial charge in [-0.2, -0.15) is 0 Å². The Labute approximate surface area is 140 Å². The van der Waals surface area contributed by atoms with E-state index in [1.54, 1.807) is 43.8 Å². The van der Waals surface area contributed by atoms with E-state index in [4.69, 9.17) is 16.3 Å². The molecule has 3 rings (SSSR count). The lowest BCUT2D eigenvalue weighted by Crippen LogP contribution is -2.48. The lowest BCUT2D eigenvalue weighted by atomic mass is 10.1. The highest BCUT2D eigenvalue weighted by molar-refractivity contribution is 6.33. The fraction of sp³-hybridized carbons (Fsp3) is 0.294. The number of benzene rings is 1. The van der Waals surface area contributed by atoms with E-state index in [-0.39, 0.29) is 5.91 Å². The Morgan fingerprint density at radius 2 is 1.83 bits per heavy atom. The molecule has 0 N–H and O–H groups in total. The van der Waals surface area contributed by atoms with E-state index in [0.717, 1.165) is 24.5 Å². The van der Waals surface area contributed by atoms with Crippen molar-refractivity contribution < 1.29 is 9.53 Å². The van der Waals surface area contributed by atoms with Gasteiger partial charge in [-0.25, -0.2) is 0 Å². The maximum Gasteiger partial charge on any atom is 0.253 e. The third-order valence-corrected chi connectivity index (χ3v) is 4.29. The summed E-state index contributed by atoms with van der Waals surface area (Å²) in [6.45, 7) is 2.85. The zero-order valence-corrected chi connectivity index (χ0v) is 13.7. The van der Waals surface area contributed by atoms with E-state index >= 15 is 0 Å². The number of anilines is 1. The predicted molar refractivity (Wildman–Crippen MR) is 90.4 cm³/mol. The van der Waals surface area contributed by atoms with E-state index in [0.29, 0.717) is 23.7 Å².